The SMILES string of the molecule is CC(C)Cn1c(CCC(N)=O)nn(CN2CCc3ccccc3C2)c1=S. The number of carbonyl (C=O) groups excluding carboxylic acids is 1. The second-order valence-corrected chi connectivity index (χ2v) is 7.75. The number of primary amides is 1. The number of hydrogen-bond donors (Lipinski definition) is 1. The van der Waals surface area contributed by atoms with Crippen LogP contribution in [0.15, 0.2) is 24.3 Å². The van der Waals surface area contributed by atoms with Gasteiger partial charge in [0.15, 0.2) is 4.77 Å². The first-order valence-corrected chi connectivity index (χ1v) is 9.59. The Morgan fingerprint density at radius 2 is 2.04 bits per heavy atom. The molecule has 0 saturated heterocycles. The van der Waals surface area contributed by atoms with Crippen LogP contribution in [0.1, 0.15) is 37.2 Å². The summed E-state index contributed by atoms with van der Waals surface area (Å²) in [5.74, 6) is 0.989. The Bertz CT molecular complexity index is 839. The molecule has 1 aromatic heterocycles. The lowest BCUT2D eigenvalue weighted by Crippen LogP contribution is -2.32. The molecule has 0 atom stereocenters. The minimum atomic E-state index is -0.311. The quantitative estimate of drug-likeness (QED) is 0.757. The van der Waals surface area contributed by atoms with Gasteiger partial charge in [-0.1, -0.05) is 38.1 Å². The van der Waals surface area contributed by atoms with Gasteiger partial charge in [-0.3, -0.25) is 9.69 Å². The van der Waals surface area contributed by atoms with Gasteiger partial charge in [0.2, 0.25) is 5.91 Å². The Hall–Kier alpha value is -1.99. The van der Waals surface area contributed by atoms with Crippen molar-refractivity contribution in [1.29, 1.82) is 0 Å². The largest absolute Gasteiger partial charge is 0.370 e. The number of rotatable bonds is 7. The summed E-state index contributed by atoms with van der Waals surface area (Å²) in [5.41, 5.74) is 8.12. The van der Waals surface area contributed by atoms with Crippen molar-refractivity contribution in [3.63, 3.8) is 0 Å². The normalized spacial score (nSPS) is 14.6. The van der Waals surface area contributed by atoms with E-state index in [-0.39, 0.29) is 5.91 Å². The summed E-state index contributed by atoms with van der Waals surface area (Å²) in [7, 11) is 0. The molecule has 2 N–H and O–H groups in total. The van der Waals surface area contributed by atoms with Crippen molar-refractivity contribution in [2.24, 2.45) is 11.7 Å². The number of aromatic nitrogens is 3. The second-order valence-electron chi connectivity index (χ2n) is 7.38. The van der Waals surface area contributed by atoms with Gasteiger partial charge in [-0.2, -0.15) is 5.10 Å². The number of nitrogens with zero attached hydrogens (tertiary/aromatic N) is 4. The molecule has 6 nitrogen and oxygen atoms in total. The number of hydrogen-bond acceptors (Lipinski definition) is 4. The highest BCUT2D eigenvalue weighted by molar-refractivity contribution is 7.71. The topological polar surface area (TPSA) is 69.1 Å². The van der Waals surface area contributed by atoms with Crippen LogP contribution in [-0.4, -0.2) is 31.7 Å². The number of benzene rings is 1. The molecule has 140 valence electrons. The summed E-state index contributed by atoms with van der Waals surface area (Å²) in [4.78, 5) is 13.5. The molecule has 1 aliphatic rings. The van der Waals surface area contributed by atoms with Crippen LogP contribution in [0.5, 0.6) is 0 Å². The zero-order valence-corrected chi connectivity index (χ0v) is 16.3. The predicted octanol–water partition coefficient (Wildman–Crippen LogP) is 2.50. The van der Waals surface area contributed by atoms with Gasteiger partial charge >= 0.3 is 0 Å². The van der Waals surface area contributed by atoms with Crippen molar-refractivity contribution in [3.8, 4) is 0 Å². The smallest absolute Gasteiger partial charge is 0.217 e. The van der Waals surface area contributed by atoms with E-state index < -0.39 is 0 Å². The molecule has 2 aromatic rings. The average Bonchev–Trinajstić information content (AvgIpc) is 2.88. The van der Waals surface area contributed by atoms with E-state index in [0.717, 1.165) is 36.7 Å². The molecule has 26 heavy (non-hydrogen) atoms. The lowest BCUT2D eigenvalue weighted by Gasteiger charge is -2.28. The van der Waals surface area contributed by atoms with Crippen molar-refractivity contribution in [1.82, 2.24) is 19.2 Å². The predicted molar refractivity (Wildman–Crippen MR) is 104 cm³/mol. The molecule has 0 bridgehead atoms. The minimum Gasteiger partial charge on any atom is -0.370 e. The van der Waals surface area contributed by atoms with Gasteiger partial charge in [-0.25, -0.2) is 4.68 Å². The number of aryl methyl sites for hydroxylation is 1. The maximum Gasteiger partial charge on any atom is 0.217 e. The fourth-order valence-corrected chi connectivity index (χ4v) is 3.69. The number of carbonyl (C=O) groups is 1. The average molecular weight is 374 g/mol. The van der Waals surface area contributed by atoms with E-state index in [9.17, 15) is 4.79 Å². The number of nitrogens with two attached hydrogens (primary N) is 1. The third-order valence-corrected chi connectivity index (χ3v) is 5.12. The first-order chi connectivity index (χ1) is 12.4. The highest BCUT2D eigenvalue weighted by atomic mass is 32.1. The molecule has 7 heteroatoms. The summed E-state index contributed by atoms with van der Waals surface area (Å²) in [6, 6.07) is 8.59. The van der Waals surface area contributed by atoms with Crippen molar-refractivity contribution >= 4 is 18.1 Å². The van der Waals surface area contributed by atoms with Gasteiger partial charge in [0.1, 0.15) is 5.82 Å². The molecule has 1 aliphatic heterocycles. The van der Waals surface area contributed by atoms with Gasteiger partial charge in [0, 0.05) is 32.5 Å². The van der Waals surface area contributed by atoms with Crippen LogP contribution in [-0.2, 0) is 37.4 Å². The van der Waals surface area contributed by atoms with Crippen LogP contribution in [0, 0.1) is 10.7 Å². The molecule has 1 amide bonds. The Morgan fingerprint density at radius 1 is 1.31 bits per heavy atom. The zero-order chi connectivity index (χ0) is 18.7. The highest BCUT2D eigenvalue weighted by Crippen LogP contribution is 2.19. The molecule has 3 rings (SSSR count). The molecule has 0 unspecified atom stereocenters. The first kappa shape index (κ1) is 18.8. The van der Waals surface area contributed by atoms with Crippen LogP contribution in [0.4, 0.5) is 0 Å². The monoisotopic (exact) mass is 373 g/mol. The van der Waals surface area contributed by atoms with Crippen molar-refractivity contribution in [2.45, 2.75) is 52.9 Å². The van der Waals surface area contributed by atoms with Crippen LogP contribution in [0.2, 0.25) is 0 Å². The molecular formula is C19H27N5OS. The fraction of sp³-hybridized carbons (Fsp3) is 0.526. The van der Waals surface area contributed by atoms with E-state index in [4.69, 9.17) is 23.1 Å². The van der Waals surface area contributed by atoms with Crippen LogP contribution in [0.25, 0.3) is 0 Å². The van der Waals surface area contributed by atoms with E-state index in [1.165, 1.54) is 11.1 Å². The zero-order valence-electron chi connectivity index (χ0n) is 15.5. The Labute approximate surface area is 159 Å². The molecule has 0 radical (unpaired) electrons. The molecular weight excluding hydrogens is 346 g/mol. The van der Waals surface area contributed by atoms with E-state index in [1.807, 2.05) is 4.68 Å². The fourth-order valence-electron chi connectivity index (χ4n) is 3.41. The van der Waals surface area contributed by atoms with E-state index in [1.54, 1.807) is 0 Å². The third-order valence-electron chi connectivity index (χ3n) is 4.69. The maximum atomic E-state index is 11.2. The van der Waals surface area contributed by atoms with E-state index in [0.29, 0.717) is 25.4 Å². The standard InChI is InChI=1S/C19H27N5OS/c1-14(2)11-23-18(8-7-17(20)25)21-24(19(23)26)13-22-10-9-15-5-3-4-6-16(15)12-22/h3-6,14H,7-13H2,1-2H3,(H2,20,25). The molecule has 0 saturated carbocycles. The second kappa shape index (κ2) is 8.14. The van der Waals surface area contributed by atoms with E-state index in [2.05, 4.69) is 47.6 Å². The Balaban J connectivity index is 1.79. The molecule has 0 aliphatic carbocycles. The van der Waals surface area contributed by atoms with Crippen LogP contribution in [0.3, 0.4) is 0 Å². The van der Waals surface area contributed by atoms with Crippen LogP contribution < -0.4 is 5.73 Å². The molecule has 0 fully saturated rings. The highest BCUT2D eigenvalue weighted by Gasteiger charge is 2.19. The molecule has 1 aromatic carbocycles. The number of fused-ring (bicyclic) bond motifs is 1. The number of amides is 1. The van der Waals surface area contributed by atoms with Crippen LogP contribution >= 0.6 is 12.2 Å². The lowest BCUT2D eigenvalue weighted by molar-refractivity contribution is -0.118. The summed E-state index contributed by atoms with van der Waals surface area (Å²) >= 11 is 5.68. The Morgan fingerprint density at radius 3 is 2.73 bits per heavy atom. The molecule has 0 spiro atoms. The summed E-state index contributed by atoms with van der Waals surface area (Å²) in [6.07, 6.45) is 1.87. The third kappa shape index (κ3) is 4.40. The summed E-state index contributed by atoms with van der Waals surface area (Å²) < 4.78 is 4.67. The van der Waals surface area contributed by atoms with Gasteiger partial charge in [0.25, 0.3) is 0 Å². The minimum absolute atomic E-state index is 0.293. The van der Waals surface area contributed by atoms with Gasteiger partial charge < -0.3 is 10.3 Å². The van der Waals surface area contributed by atoms with Gasteiger partial charge in [-0.15, -0.1) is 0 Å². The van der Waals surface area contributed by atoms with Gasteiger partial charge in [-0.05, 0) is 35.7 Å². The van der Waals surface area contributed by atoms with E-state index >= 15 is 0 Å². The lowest BCUT2D eigenvalue weighted by atomic mass is 10.0. The first-order valence-electron chi connectivity index (χ1n) is 9.18. The van der Waals surface area contributed by atoms with Crippen molar-refractivity contribution in [2.75, 3.05) is 6.54 Å². The van der Waals surface area contributed by atoms with Gasteiger partial charge in [0.05, 0.1) is 6.67 Å². The maximum absolute atomic E-state index is 11.2. The van der Waals surface area contributed by atoms with Crippen molar-refractivity contribution < 1.29 is 4.79 Å². The summed E-state index contributed by atoms with van der Waals surface area (Å²) in [6.45, 7) is 7.67. The Kier molecular flexibility index (Phi) is 5.88. The summed E-state index contributed by atoms with van der Waals surface area (Å²) in [5, 5.41) is 4.71. The van der Waals surface area contributed by atoms with Crippen molar-refractivity contribution in [3.05, 3.63) is 46.0 Å². The molecule has 2 heterocycles.